The van der Waals surface area contributed by atoms with Crippen molar-refractivity contribution >= 4 is 29.8 Å². The average molecular weight is 317 g/mol. The van der Waals surface area contributed by atoms with E-state index in [0.717, 1.165) is 11.8 Å². The zero-order chi connectivity index (χ0) is 15.8. The van der Waals surface area contributed by atoms with E-state index in [1.165, 1.54) is 11.1 Å². The minimum absolute atomic E-state index is 0.138. The molecule has 1 atom stereocenters. The van der Waals surface area contributed by atoms with Gasteiger partial charge in [-0.05, 0) is 26.2 Å². The Labute approximate surface area is 127 Å². The molecule has 0 N–H and O–H groups in total. The molecule has 0 fully saturated rings. The van der Waals surface area contributed by atoms with Crippen LogP contribution in [-0.2, 0) is 23.8 Å². The van der Waals surface area contributed by atoms with Gasteiger partial charge in [0.15, 0.2) is 5.92 Å². The van der Waals surface area contributed by atoms with Gasteiger partial charge in [-0.3, -0.25) is 14.5 Å². The lowest BCUT2D eigenvalue weighted by Gasteiger charge is -2.26. The summed E-state index contributed by atoms with van der Waals surface area (Å²) in [6, 6.07) is 0. The first-order valence-electron chi connectivity index (χ1n) is 6.67. The van der Waals surface area contributed by atoms with Gasteiger partial charge in [-0.25, -0.2) is 4.79 Å². The SMILES string of the molecule is CCOC(=O)C(C(=O)OCC)C1SC=CN1C(=O)OCC. The third kappa shape index (κ3) is 4.38. The monoisotopic (exact) mass is 317 g/mol. The lowest BCUT2D eigenvalue weighted by atomic mass is 10.1. The summed E-state index contributed by atoms with van der Waals surface area (Å²) in [6.07, 6.45) is 0.848. The maximum Gasteiger partial charge on any atom is 0.414 e. The van der Waals surface area contributed by atoms with Crippen LogP contribution in [0.4, 0.5) is 4.79 Å². The van der Waals surface area contributed by atoms with Gasteiger partial charge < -0.3 is 14.2 Å². The summed E-state index contributed by atoms with van der Waals surface area (Å²) >= 11 is 1.16. The topological polar surface area (TPSA) is 82.1 Å². The van der Waals surface area contributed by atoms with Crippen molar-refractivity contribution in [2.75, 3.05) is 19.8 Å². The standard InChI is InChI=1S/C13H19NO6S/c1-4-18-11(15)9(12(16)19-5-2)10-14(7-8-21-10)13(17)20-6-3/h7-10H,4-6H2,1-3H3. The largest absolute Gasteiger partial charge is 0.465 e. The number of thioether (sulfide) groups is 1. The normalized spacial score (nSPS) is 17.0. The molecule has 1 amide bonds. The Kier molecular flexibility index (Phi) is 7.07. The molecule has 0 spiro atoms. The van der Waals surface area contributed by atoms with Crippen LogP contribution < -0.4 is 0 Å². The maximum atomic E-state index is 12.0. The Morgan fingerprint density at radius 1 is 1.05 bits per heavy atom. The second kappa shape index (κ2) is 8.56. The molecule has 1 aliphatic rings. The van der Waals surface area contributed by atoms with Crippen LogP contribution in [0.15, 0.2) is 11.6 Å². The highest BCUT2D eigenvalue weighted by Gasteiger charge is 2.44. The highest BCUT2D eigenvalue weighted by Crippen LogP contribution is 2.33. The van der Waals surface area contributed by atoms with Crippen molar-refractivity contribution in [1.82, 2.24) is 4.90 Å². The van der Waals surface area contributed by atoms with E-state index in [0.29, 0.717) is 0 Å². The van der Waals surface area contributed by atoms with E-state index in [4.69, 9.17) is 14.2 Å². The summed E-state index contributed by atoms with van der Waals surface area (Å²) in [7, 11) is 0. The summed E-state index contributed by atoms with van der Waals surface area (Å²) in [5.41, 5.74) is 0. The number of carbonyl (C=O) groups excluding carboxylic acids is 3. The van der Waals surface area contributed by atoms with Crippen molar-refractivity contribution in [3.63, 3.8) is 0 Å². The molecule has 0 aromatic rings. The molecule has 0 aliphatic carbocycles. The molecule has 118 valence electrons. The number of hydrogen-bond acceptors (Lipinski definition) is 7. The quantitative estimate of drug-likeness (QED) is 0.419. The minimum Gasteiger partial charge on any atom is -0.465 e. The number of carbonyl (C=O) groups is 3. The maximum absolute atomic E-state index is 12.0. The smallest absolute Gasteiger partial charge is 0.414 e. The fraction of sp³-hybridized carbons (Fsp3) is 0.615. The molecule has 8 heteroatoms. The highest BCUT2D eigenvalue weighted by atomic mass is 32.2. The molecule has 0 aromatic carbocycles. The molecule has 1 aliphatic heterocycles. The van der Waals surface area contributed by atoms with Gasteiger partial charge in [0.1, 0.15) is 5.37 Å². The van der Waals surface area contributed by atoms with Gasteiger partial charge in [-0.1, -0.05) is 0 Å². The van der Waals surface area contributed by atoms with Crippen molar-refractivity contribution < 1.29 is 28.6 Å². The minimum atomic E-state index is -1.21. The van der Waals surface area contributed by atoms with Crippen LogP contribution in [0.2, 0.25) is 0 Å². The Bertz CT molecular complexity index is 407. The Hall–Kier alpha value is -1.70. The molecular formula is C13H19NO6S. The van der Waals surface area contributed by atoms with Gasteiger partial charge in [0.05, 0.1) is 19.8 Å². The van der Waals surface area contributed by atoms with Gasteiger partial charge in [0.25, 0.3) is 0 Å². The van der Waals surface area contributed by atoms with Crippen LogP contribution in [0.3, 0.4) is 0 Å². The van der Waals surface area contributed by atoms with Crippen LogP contribution >= 0.6 is 11.8 Å². The molecule has 1 unspecified atom stereocenters. The van der Waals surface area contributed by atoms with Gasteiger partial charge in [0.2, 0.25) is 0 Å². The van der Waals surface area contributed by atoms with E-state index < -0.39 is 29.3 Å². The first kappa shape index (κ1) is 17.4. The van der Waals surface area contributed by atoms with Gasteiger partial charge in [0, 0.05) is 6.20 Å². The average Bonchev–Trinajstić information content (AvgIpc) is 2.89. The molecule has 0 bridgehead atoms. The zero-order valence-electron chi connectivity index (χ0n) is 12.2. The Morgan fingerprint density at radius 2 is 1.57 bits per heavy atom. The zero-order valence-corrected chi connectivity index (χ0v) is 13.1. The van der Waals surface area contributed by atoms with Crippen molar-refractivity contribution in [1.29, 1.82) is 0 Å². The van der Waals surface area contributed by atoms with Crippen molar-refractivity contribution in [2.24, 2.45) is 5.92 Å². The molecule has 0 saturated carbocycles. The number of esters is 2. The molecule has 7 nitrogen and oxygen atoms in total. The van der Waals surface area contributed by atoms with Crippen molar-refractivity contribution in [3.05, 3.63) is 11.6 Å². The fourth-order valence-corrected chi connectivity index (χ4v) is 2.76. The predicted octanol–water partition coefficient (Wildman–Crippen LogP) is 1.73. The van der Waals surface area contributed by atoms with Gasteiger partial charge >= 0.3 is 18.0 Å². The second-order valence-corrected chi connectivity index (χ2v) is 4.93. The third-order valence-corrected chi connectivity index (χ3v) is 3.62. The summed E-state index contributed by atoms with van der Waals surface area (Å²) < 4.78 is 14.7. The molecular weight excluding hydrogens is 298 g/mol. The first-order chi connectivity index (χ1) is 10.1. The van der Waals surface area contributed by atoms with Crippen LogP contribution in [0.25, 0.3) is 0 Å². The number of ether oxygens (including phenoxy) is 3. The molecule has 1 rings (SSSR count). The van der Waals surface area contributed by atoms with E-state index in [1.807, 2.05) is 0 Å². The summed E-state index contributed by atoms with van der Waals surface area (Å²) in [5, 5.41) is 0.856. The summed E-state index contributed by atoms with van der Waals surface area (Å²) in [6.45, 7) is 5.43. The van der Waals surface area contributed by atoms with Gasteiger partial charge in [-0.2, -0.15) is 0 Å². The van der Waals surface area contributed by atoms with Crippen LogP contribution in [0, 0.1) is 5.92 Å². The number of nitrogens with zero attached hydrogens (tertiary/aromatic N) is 1. The fourth-order valence-electron chi connectivity index (χ4n) is 1.73. The second-order valence-electron chi connectivity index (χ2n) is 3.90. The van der Waals surface area contributed by atoms with Crippen LogP contribution in [-0.4, -0.2) is 48.1 Å². The number of amides is 1. The first-order valence-corrected chi connectivity index (χ1v) is 7.61. The Balaban J connectivity index is 2.93. The van der Waals surface area contributed by atoms with E-state index in [-0.39, 0.29) is 19.8 Å². The summed E-state index contributed by atoms with van der Waals surface area (Å²) in [4.78, 5) is 37.1. The number of rotatable bonds is 6. The molecule has 1 heterocycles. The predicted molar refractivity (Wildman–Crippen MR) is 76.1 cm³/mol. The van der Waals surface area contributed by atoms with E-state index in [1.54, 1.807) is 26.2 Å². The van der Waals surface area contributed by atoms with Crippen LogP contribution in [0.5, 0.6) is 0 Å². The lowest BCUT2D eigenvalue weighted by Crippen LogP contribution is -2.45. The van der Waals surface area contributed by atoms with Crippen molar-refractivity contribution in [2.45, 2.75) is 26.1 Å². The van der Waals surface area contributed by atoms with Crippen LogP contribution in [0.1, 0.15) is 20.8 Å². The van der Waals surface area contributed by atoms with Gasteiger partial charge in [-0.15, -0.1) is 11.8 Å². The van der Waals surface area contributed by atoms with E-state index in [9.17, 15) is 14.4 Å². The number of hydrogen-bond donors (Lipinski definition) is 0. The molecule has 0 radical (unpaired) electrons. The van der Waals surface area contributed by atoms with E-state index >= 15 is 0 Å². The van der Waals surface area contributed by atoms with Crippen molar-refractivity contribution in [3.8, 4) is 0 Å². The molecule has 0 saturated heterocycles. The lowest BCUT2D eigenvalue weighted by molar-refractivity contribution is -0.162. The Morgan fingerprint density at radius 3 is 2.05 bits per heavy atom. The third-order valence-electron chi connectivity index (χ3n) is 2.56. The molecule has 21 heavy (non-hydrogen) atoms. The van der Waals surface area contributed by atoms with E-state index in [2.05, 4.69) is 0 Å². The molecule has 0 aromatic heterocycles. The summed E-state index contributed by atoms with van der Waals surface area (Å²) in [5.74, 6) is -2.65. The highest BCUT2D eigenvalue weighted by molar-refractivity contribution is 8.03.